The number of nitrogens with one attached hydrogen (secondary N) is 1. The van der Waals surface area contributed by atoms with Crippen LogP contribution in [0, 0.1) is 0 Å². The Labute approximate surface area is 199 Å². The monoisotopic (exact) mass is 463 g/mol. The molecule has 1 aromatic heterocycles. The van der Waals surface area contributed by atoms with E-state index in [1.165, 1.54) is 6.07 Å². The van der Waals surface area contributed by atoms with Gasteiger partial charge >= 0.3 is 5.97 Å². The van der Waals surface area contributed by atoms with Crippen LogP contribution in [0.3, 0.4) is 0 Å². The molecule has 2 heterocycles. The third-order valence-corrected chi connectivity index (χ3v) is 5.66. The fraction of sp³-hybridized carbons (Fsp3) is 0.308. The number of esters is 1. The number of furan rings is 1. The van der Waals surface area contributed by atoms with Crippen molar-refractivity contribution in [2.45, 2.75) is 13.5 Å². The van der Waals surface area contributed by atoms with Gasteiger partial charge in [0.15, 0.2) is 6.61 Å². The van der Waals surface area contributed by atoms with E-state index in [0.717, 1.165) is 38.4 Å². The first-order chi connectivity index (χ1) is 16.6. The third kappa shape index (κ3) is 6.39. The Kier molecular flexibility index (Phi) is 7.83. The summed E-state index contributed by atoms with van der Waals surface area (Å²) in [6, 6.07) is 20.1. The Morgan fingerprint density at radius 3 is 2.38 bits per heavy atom. The lowest BCUT2D eigenvalue weighted by Crippen LogP contribution is -2.46. The molecule has 1 amide bonds. The van der Waals surface area contributed by atoms with Crippen molar-refractivity contribution in [3.05, 3.63) is 78.3 Å². The van der Waals surface area contributed by atoms with Crippen molar-refractivity contribution in [2.75, 3.05) is 49.5 Å². The molecule has 3 aromatic rings. The molecule has 0 bridgehead atoms. The first-order valence-corrected chi connectivity index (χ1v) is 11.4. The first kappa shape index (κ1) is 23.4. The number of nitrogens with zero attached hydrogens (tertiary/aromatic N) is 2. The van der Waals surface area contributed by atoms with Gasteiger partial charge in [0.1, 0.15) is 18.1 Å². The molecule has 1 aliphatic heterocycles. The molecule has 0 radical (unpaired) electrons. The van der Waals surface area contributed by atoms with Crippen LogP contribution in [0.25, 0.3) is 0 Å². The molecule has 0 saturated carbocycles. The first-order valence-electron chi connectivity index (χ1n) is 11.4. The second kappa shape index (κ2) is 11.4. The zero-order chi connectivity index (χ0) is 23.8. The Morgan fingerprint density at radius 1 is 0.941 bits per heavy atom. The summed E-state index contributed by atoms with van der Waals surface area (Å²) < 4.78 is 16.1. The quantitative estimate of drug-likeness (QED) is 0.483. The number of anilines is 2. The van der Waals surface area contributed by atoms with Gasteiger partial charge in [-0.1, -0.05) is 25.1 Å². The van der Waals surface area contributed by atoms with Gasteiger partial charge in [-0.05, 0) is 55.1 Å². The van der Waals surface area contributed by atoms with Crippen LogP contribution in [-0.4, -0.2) is 56.1 Å². The van der Waals surface area contributed by atoms with E-state index in [1.807, 2.05) is 54.6 Å². The minimum atomic E-state index is -0.706. The molecular formula is C26H29N3O5. The lowest BCUT2D eigenvalue weighted by molar-refractivity contribution is -0.119. The molecular weight excluding hydrogens is 434 g/mol. The zero-order valence-electron chi connectivity index (χ0n) is 19.2. The average Bonchev–Trinajstić information content (AvgIpc) is 3.36. The number of benzene rings is 2. The number of hydrogen-bond acceptors (Lipinski definition) is 7. The molecule has 8 nitrogen and oxygen atoms in total. The van der Waals surface area contributed by atoms with Crippen LogP contribution in [-0.2, 0) is 16.1 Å². The van der Waals surface area contributed by atoms with Gasteiger partial charge in [-0.2, -0.15) is 0 Å². The van der Waals surface area contributed by atoms with Crippen LogP contribution in [0.5, 0.6) is 5.75 Å². The maximum Gasteiger partial charge on any atom is 0.374 e. The van der Waals surface area contributed by atoms with E-state index in [1.54, 1.807) is 6.07 Å². The highest BCUT2D eigenvalue weighted by atomic mass is 16.6. The normalized spacial score (nSPS) is 14.0. The molecule has 0 aliphatic carbocycles. The van der Waals surface area contributed by atoms with E-state index in [0.29, 0.717) is 17.2 Å². The molecule has 0 spiro atoms. The number of hydrogen-bond donors (Lipinski definition) is 1. The highest BCUT2D eigenvalue weighted by Crippen LogP contribution is 2.20. The van der Waals surface area contributed by atoms with E-state index >= 15 is 0 Å². The summed E-state index contributed by atoms with van der Waals surface area (Å²) in [5.74, 6) is 0.0785. The van der Waals surface area contributed by atoms with Gasteiger partial charge in [0.25, 0.3) is 5.91 Å². The predicted molar refractivity (Wildman–Crippen MR) is 129 cm³/mol. The minimum Gasteiger partial charge on any atom is -0.486 e. The molecule has 8 heteroatoms. The maximum absolute atomic E-state index is 12.2. The van der Waals surface area contributed by atoms with E-state index in [2.05, 4.69) is 22.0 Å². The molecule has 0 unspecified atom stereocenters. The van der Waals surface area contributed by atoms with Gasteiger partial charge in [0, 0.05) is 37.6 Å². The maximum atomic E-state index is 12.2. The Balaban J connectivity index is 1.20. The molecule has 1 saturated heterocycles. The van der Waals surface area contributed by atoms with Gasteiger partial charge in [-0.3, -0.25) is 4.79 Å². The van der Waals surface area contributed by atoms with E-state index in [9.17, 15) is 9.59 Å². The number of carbonyl (C=O) groups is 2. The number of rotatable bonds is 9. The summed E-state index contributed by atoms with van der Waals surface area (Å²) in [7, 11) is 0. The largest absolute Gasteiger partial charge is 0.486 e. The fourth-order valence-electron chi connectivity index (χ4n) is 3.71. The summed E-state index contributed by atoms with van der Waals surface area (Å²) in [6.07, 6.45) is 0. The van der Waals surface area contributed by atoms with Gasteiger partial charge in [0.2, 0.25) is 5.76 Å². The summed E-state index contributed by atoms with van der Waals surface area (Å²) in [4.78, 5) is 29.2. The van der Waals surface area contributed by atoms with Crippen molar-refractivity contribution in [3.8, 4) is 5.75 Å². The van der Waals surface area contributed by atoms with Crippen molar-refractivity contribution in [1.29, 1.82) is 0 Å². The van der Waals surface area contributed by atoms with Crippen LogP contribution in [0.2, 0.25) is 0 Å². The number of ether oxygens (including phenoxy) is 2. The second-order valence-electron chi connectivity index (χ2n) is 7.96. The lowest BCUT2D eigenvalue weighted by Gasteiger charge is -2.35. The van der Waals surface area contributed by atoms with Crippen LogP contribution in [0.1, 0.15) is 23.2 Å². The smallest absolute Gasteiger partial charge is 0.374 e. The Bertz CT molecular complexity index is 1070. The Morgan fingerprint density at radius 2 is 1.68 bits per heavy atom. The summed E-state index contributed by atoms with van der Waals surface area (Å²) in [6.45, 7) is 7.11. The standard InChI is InChI=1S/C26H29N3O5/c1-2-28-14-16-29(17-15-28)21-10-8-20(9-11-21)27-25(30)19-33-26(31)24-13-12-23(34-24)18-32-22-6-4-3-5-7-22/h3-13H,2,14-19H2,1H3,(H,27,30). The lowest BCUT2D eigenvalue weighted by atomic mass is 10.2. The van der Waals surface area contributed by atoms with Crippen LogP contribution >= 0.6 is 0 Å². The highest BCUT2D eigenvalue weighted by Gasteiger charge is 2.17. The third-order valence-electron chi connectivity index (χ3n) is 5.66. The summed E-state index contributed by atoms with van der Waals surface area (Å²) in [5.41, 5.74) is 1.78. The van der Waals surface area contributed by atoms with E-state index in [-0.39, 0.29) is 12.4 Å². The molecule has 178 valence electrons. The van der Waals surface area contributed by atoms with Crippen LogP contribution in [0.15, 0.2) is 71.1 Å². The number of amides is 1. The molecule has 1 fully saturated rings. The fourth-order valence-corrected chi connectivity index (χ4v) is 3.71. The second-order valence-corrected chi connectivity index (χ2v) is 7.96. The summed E-state index contributed by atoms with van der Waals surface area (Å²) >= 11 is 0. The molecule has 1 N–H and O–H groups in total. The highest BCUT2D eigenvalue weighted by molar-refractivity contribution is 5.94. The van der Waals surface area contributed by atoms with Gasteiger partial charge in [0.05, 0.1) is 0 Å². The number of likely N-dealkylation sites (N-methyl/N-ethyl adjacent to an activating group) is 1. The summed E-state index contributed by atoms with van der Waals surface area (Å²) in [5, 5.41) is 2.75. The molecule has 2 aromatic carbocycles. The van der Waals surface area contributed by atoms with Gasteiger partial charge in [-0.15, -0.1) is 0 Å². The van der Waals surface area contributed by atoms with E-state index in [4.69, 9.17) is 13.9 Å². The zero-order valence-corrected chi connectivity index (χ0v) is 19.2. The Hall–Kier alpha value is -3.78. The molecule has 1 aliphatic rings. The van der Waals surface area contributed by atoms with Crippen LogP contribution in [0.4, 0.5) is 11.4 Å². The van der Waals surface area contributed by atoms with Gasteiger partial charge < -0.3 is 29.0 Å². The molecule has 0 atom stereocenters. The van der Waals surface area contributed by atoms with Crippen molar-refractivity contribution >= 4 is 23.3 Å². The van der Waals surface area contributed by atoms with Crippen molar-refractivity contribution in [1.82, 2.24) is 4.90 Å². The van der Waals surface area contributed by atoms with E-state index < -0.39 is 18.5 Å². The minimum absolute atomic E-state index is 0.0204. The van der Waals surface area contributed by atoms with Crippen molar-refractivity contribution < 1.29 is 23.5 Å². The number of piperazine rings is 1. The molecule has 4 rings (SSSR count). The van der Waals surface area contributed by atoms with Crippen molar-refractivity contribution in [3.63, 3.8) is 0 Å². The molecule has 34 heavy (non-hydrogen) atoms. The van der Waals surface area contributed by atoms with Crippen molar-refractivity contribution in [2.24, 2.45) is 0 Å². The van der Waals surface area contributed by atoms with Gasteiger partial charge in [-0.25, -0.2) is 4.79 Å². The number of para-hydroxylation sites is 1. The van der Waals surface area contributed by atoms with Crippen LogP contribution < -0.4 is 15.0 Å². The average molecular weight is 464 g/mol. The topological polar surface area (TPSA) is 84.2 Å². The number of carbonyl (C=O) groups excluding carboxylic acids is 2. The predicted octanol–water partition coefficient (Wildman–Crippen LogP) is 3.80. The SMILES string of the molecule is CCN1CCN(c2ccc(NC(=O)COC(=O)c3ccc(COc4ccccc4)o3)cc2)CC1.